The highest BCUT2D eigenvalue weighted by atomic mass is 16.6. The molecule has 0 unspecified atom stereocenters. The molecule has 3 rings (SSSR count). The van der Waals surface area contributed by atoms with Crippen LogP contribution in [0.15, 0.2) is 11.0 Å². The summed E-state index contributed by atoms with van der Waals surface area (Å²) >= 11 is 0. The third kappa shape index (κ3) is 1.17. The van der Waals surface area contributed by atoms with Crippen molar-refractivity contribution in [2.45, 2.75) is 24.5 Å². The summed E-state index contributed by atoms with van der Waals surface area (Å²) in [5, 5.41) is 22.5. The maximum absolute atomic E-state index is 10.9. The molecule has 0 amide bonds. The number of aromatic nitrogens is 3. The van der Waals surface area contributed by atoms with Crippen molar-refractivity contribution in [1.29, 1.82) is 0 Å². The highest BCUT2D eigenvalue weighted by Gasteiger charge is 2.51. The molecule has 1 aromatic rings. The van der Waals surface area contributed by atoms with E-state index in [-0.39, 0.29) is 12.6 Å². The first kappa shape index (κ1) is 9.70. The van der Waals surface area contributed by atoms with Gasteiger partial charge in [0.25, 0.3) is 5.56 Å². The first-order valence-electron chi connectivity index (χ1n) is 4.77. The number of aliphatic hydroxyl groups is 2. The highest BCUT2D eigenvalue weighted by Crippen LogP contribution is 2.37. The van der Waals surface area contributed by atoms with Crippen molar-refractivity contribution in [2.24, 2.45) is 0 Å². The van der Waals surface area contributed by atoms with Gasteiger partial charge < -0.3 is 19.7 Å². The zero-order chi connectivity index (χ0) is 11.3. The van der Waals surface area contributed by atoms with Gasteiger partial charge in [-0.15, -0.1) is 0 Å². The van der Waals surface area contributed by atoms with Gasteiger partial charge in [0.1, 0.15) is 18.4 Å². The summed E-state index contributed by atoms with van der Waals surface area (Å²) in [6.07, 6.45) is -1.95. The molecule has 0 radical (unpaired) electrons. The predicted octanol–water partition coefficient (Wildman–Crippen LogP) is -2.35. The van der Waals surface area contributed by atoms with Crippen LogP contribution in [0.5, 0.6) is 6.01 Å². The quantitative estimate of drug-likeness (QED) is 0.553. The topological polar surface area (TPSA) is 107 Å². The minimum absolute atomic E-state index is 0.0259. The van der Waals surface area contributed by atoms with Gasteiger partial charge in [-0.05, 0) is 0 Å². The molecule has 0 spiro atoms. The summed E-state index contributed by atoms with van der Waals surface area (Å²) in [5.41, 5.74) is -0.514. The van der Waals surface area contributed by atoms with Crippen molar-refractivity contribution < 1.29 is 19.7 Å². The monoisotopic (exact) mass is 227 g/mol. The van der Waals surface area contributed by atoms with Gasteiger partial charge in [-0.25, -0.2) is 0 Å². The number of fused-ring (bicyclic) bond motifs is 3. The molecule has 0 aromatic carbocycles. The standard InChI is InChI=1S/C8H9N3O5/c12-2-3-5(14)6-7(15-3)11-8(16-6)10-4(13)1-9-11/h1,3,5-7,12,14H,2H2/t3-,5+,6-,7-/m0/s1. The van der Waals surface area contributed by atoms with Crippen LogP contribution >= 0.6 is 0 Å². The number of rotatable bonds is 1. The second-order valence-electron chi connectivity index (χ2n) is 3.64. The summed E-state index contributed by atoms with van der Waals surface area (Å²) in [5.74, 6) is 0. The summed E-state index contributed by atoms with van der Waals surface area (Å²) < 4.78 is 11.9. The van der Waals surface area contributed by atoms with Gasteiger partial charge in [-0.2, -0.15) is 14.8 Å². The van der Waals surface area contributed by atoms with E-state index in [4.69, 9.17) is 14.6 Å². The lowest BCUT2D eigenvalue weighted by molar-refractivity contribution is -0.0476. The van der Waals surface area contributed by atoms with Gasteiger partial charge in [0, 0.05) is 0 Å². The third-order valence-electron chi connectivity index (χ3n) is 2.67. The molecule has 2 N–H and O–H groups in total. The Balaban J connectivity index is 1.99. The maximum Gasteiger partial charge on any atom is 0.319 e. The first-order valence-corrected chi connectivity index (χ1v) is 4.77. The largest absolute Gasteiger partial charge is 0.452 e. The number of ether oxygens (including phenoxy) is 2. The van der Waals surface area contributed by atoms with Gasteiger partial charge in [0.2, 0.25) is 0 Å². The molecular formula is C8H9N3O5. The number of hydrogen-bond acceptors (Lipinski definition) is 7. The van der Waals surface area contributed by atoms with E-state index >= 15 is 0 Å². The van der Waals surface area contributed by atoms with E-state index in [2.05, 4.69) is 10.1 Å². The average Bonchev–Trinajstić information content (AvgIpc) is 2.75. The average molecular weight is 227 g/mol. The van der Waals surface area contributed by atoms with E-state index in [0.717, 1.165) is 6.20 Å². The molecule has 3 heterocycles. The number of aliphatic hydroxyl groups excluding tert-OH is 2. The van der Waals surface area contributed by atoms with E-state index in [9.17, 15) is 9.90 Å². The lowest BCUT2D eigenvalue weighted by atomic mass is 10.1. The van der Waals surface area contributed by atoms with Gasteiger partial charge in [-0.3, -0.25) is 4.79 Å². The normalized spacial score (nSPS) is 35.6. The molecule has 0 saturated carbocycles. The molecule has 8 heteroatoms. The van der Waals surface area contributed by atoms with E-state index in [1.165, 1.54) is 4.68 Å². The fraction of sp³-hybridized carbons (Fsp3) is 0.625. The van der Waals surface area contributed by atoms with Crippen LogP contribution in [0, 0.1) is 0 Å². The lowest BCUT2D eigenvalue weighted by Gasteiger charge is -2.13. The molecule has 0 bridgehead atoms. The van der Waals surface area contributed by atoms with Crippen molar-refractivity contribution in [1.82, 2.24) is 14.8 Å². The Hall–Kier alpha value is -1.51. The molecule has 2 aliphatic rings. The Morgan fingerprint density at radius 1 is 1.56 bits per heavy atom. The number of hydrogen-bond donors (Lipinski definition) is 2. The second-order valence-corrected chi connectivity index (χ2v) is 3.64. The predicted molar refractivity (Wildman–Crippen MR) is 47.7 cm³/mol. The van der Waals surface area contributed by atoms with Crippen LogP contribution in [-0.2, 0) is 4.74 Å². The summed E-state index contributed by atoms with van der Waals surface area (Å²) in [6, 6.07) is 0.0259. The maximum atomic E-state index is 10.9. The zero-order valence-corrected chi connectivity index (χ0v) is 8.05. The summed E-state index contributed by atoms with van der Waals surface area (Å²) in [7, 11) is 0. The van der Waals surface area contributed by atoms with Crippen molar-refractivity contribution in [2.75, 3.05) is 6.61 Å². The summed E-state index contributed by atoms with van der Waals surface area (Å²) in [4.78, 5) is 14.5. The molecular weight excluding hydrogens is 218 g/mol. The Bertz CT molecular complexity index is 475. The van der Waals surface area contributed by atoms with Crippen LogP contribution < -0.4 is 10.3 Å². The van der Waals surface area contributed by atoms with Crippen molar-refractivity contribution >= 4 is 0 Å². The van der Waals surface area contributed by atoms with E-state index in [1.807, 2.05) is 0 Å². The molecule has 0 aliphatic carbocycles. The van der Waals surface area contributed by atoms with Crippen LogP contribution in [0.2, 0.25) is 0 Å². The molecule has 4 atom stereocenters. The van der Waals surface area contributed by atoms with Gasteiger partial charge in [0.05, 0.1) is 6.61 Å². The number of nitrogens with zero attached hydrogens (tertiary/aromatic N) is 3. The van der Waals surface area contributed by atoms with Gasteiger partial charge >= 0.3 is 6.01 Å². The minimum Gasteiger partial charge on any atom is -0.452 e. The molecule has 86 valence electrons. The Kier molecular flexibility index (Phi) is 1.96. The minimum atomic E-state index is -0.964. The summed E-state index contributed by atoms with van der Waals surface area (Å²) in [6.45, 7) is -0.305. The molecule has 1 aromatic heterocycles. The molecule has 1 fully saturated rings. The van der Waals surface area contributed by atoms with Gasteiger partial charge in [0.15, 0.2) is 12.3 Å². The van der Waals surface area contributed by atoms with E-state index in [1.54, 1.807) is 0 Å². The molecule has 1 saturated heterocycles. The Morgan fingerprint density at radius 3 is 3.12 bits per heavy atom. The fourth-order valence-corrected chi connectivity index (χ4v) is 1.90. The SMILES string of the molecule is O=c1cnn2c(n1)O[C@H]1[C@H](O)[C@H](CO)O[C@@H]12. The van der Waals surface area contributed by atoms with E-state index in [0.29, 0.717) is 0 Å². The first-order chi connectivity index (χ1) is 7.70. The highest BCUT2D eigenvalue weighted by molar-refractivity contribution is 5.06. The van der Waals surface area contributed by atoms with Crippen LogP contribution in [0.3, 0.4) is 0 Å². The Labute approximate surface area is 89.1 Å². The second kappa shape index (κ2) is 3.24. The van der Waals surface area contributed by atoms with Crippen LogP contribution in [-0.4, -0.2) is 49.9 Å². The Morgan fingerprint density at radius 2 is 2.38 bits per heavy atom. The van der Waals surface area contributed by atoms with E-state index < -0.39 is 30.1 Å². The van der Waals surface area contributed by atoms with Crippen molar-refractivity contribution in [3.8, 4) is 6.01 Å². The van der Waals surface area contributed by atoms with Crippen LogP contribution in [0.25, 0.3) is 0 Å². The van der Waals surface area contributed by atoms with Crippen LogP contribution in [0.1, 0.15) is 6.23 Å². The molecule has 16 heavy (non-hydrogen) atoms. The third-order valence-corrected chi connectivity index (χ3v) is 2.67. The molecule has 2 aliphatic heterocycles. The lowest BCUT2D eigenvalue weighted by Crippen LogP contribution is -2.34. The van der Waals surface area contributed by atoms with Crippen molar-refractivity contribution in [3.05, 3.63) is 16.6 Å². The smallest absolute Gasteiger partial charge is 0.319 e. The van der Waals surface area contributed by atoms with Gasteiger partial charge in [-0.1, -0.05) is 0 Å². The fourth-order valence-electron chi connectivity index (χ4n) is 1.90. The van der Waals surface area contributed by atoms with Crippen molar-refractivity contribution in [3.63, 3.8) is 0 Å². The zero-order valence-electron chi connectivity index (χ0n) is 8.05. The molecule has 8 nitrogen and oxygen atoms in total. The van der Waals surface area contributed by atoms with Crippen LogP contribution in [0.4, 0.5) is 0 Å².